The molecule has 90 valence electrons. The molecule has 1 N–H and O–H groups in total. The van der Waals surface area contributed by atoms with Gasteiger partial charge in [0.15, 0.2) is 5.78 Å². The van der Waals surface area contributed by atoms with Gasteiger partial charge < -0.3 is 16.0 Å². The maximum Gasteiger partial charge on any atom is 0.202 e. The molecule has 0 saturated carbocycles. The van der Waals surface area contributed by atoms with E-state index in [0.717, 1.165) is 0 Å². The van der Waals surface area contributed by atoms with Gasteiger partial charge in [-0.05, 0) is 22.6 Å². The molecule has 17 heavy (non-hydrogen) atoms. The fourth-order valence-corrected chi connectivity index (χ4v) is 0.847. The van der Waals surface area contributed by atoms with Crippen molar-refractivity contribution in [2.45, 2.75) is 0 Å². The molecule has 9 heteroatoms. The van der Waals surface area contributed by atoms with Gasteiger partial charge in [0, 0.05) is 20.2 Å². The molecular weight excluding hydrogens is 226 g/mol. The average Bonchev–Trinajstić information content (AvgIpc) is 2.23. The molecule has 0 atom stereocenters. The van der Waals surface area contributed by atoms with Crippen molar-refractivity contribution in [1.82, 2.24) is 4.90 Å². The van der Waals surface area contributed by atoms with Gasteiger partial charge in [-0.15, -0.1) is 5.53 Å². The fourth-order valence-electron chi connectivity index (χ4n) is 0.847. The van der Waals surface area contributed by atoms with E-state index in [9.17, 15) is 9.59 Å². The molecule has 0 heterocycles. The van der Waals surface area contributed by atoms with Gasteiger partial charge in [-0.1, -0.05) is 0 Å². The maximum atomic E-state index is 11.0. The zero-order valence-corrected chi connectivity index (χ0v) is 9.23. The van der Waals surface area contributed by atoms with Gasteiger partial charge in [0.05, 0.1) is 5.70 Å². The van der Waals surface area contributed by atoms with E-state index in [2.05, 4.69) is 0 Å². The quantitative estimate of drug-likeness (QED) is 0.319. The van der Waals surface area contributed by atoms with E-state index in [1.807, 2.05) is 0 Å². The van der Waals surface area contributed by atoms with E-state index in [4.69, 9.17) is 22.1 Å². The first kappa shape index (κ1) is 16.7. The molecule has 1 aliphatic carbocycles. The Hall–Kier alpha value is -2.76. The second-order valence-corrected chi connectivity index (χ2v) is 2.71. The third kappa shape index (κ3) is 8.25. The summed E-state index contributed by atoms with van der Waals surface area (Å²) in [6.45, 7) is 0. The van der Waals surface area contributed by atoms with E-state index in [-0.39, 0.29) is 11.6 Å². The first-order chi connectivity index (χ1) is 7.94. The Bertz CT molecular complexity index is 398. The molecule has 0 aromatic rings. The summed E-state index contributed by atoms with van der Waals surface area (Å²) >= 11 is 0. The van der Waals surface area contributed by atoms with E-state index in [0.29, 0.717) is 5.70 Å². The summed E-state index contributed by atoms with van der Waals surface area (Å²) < 4.78 is 0. The lowest BCUT2D eigenvalue weighted by molar-refractivity contribution is -0.115. The number of hydrogen-bond donors (Lipinski definition) is 1. The Morgan fingerprint density at radius 3 is 1.88 bits per heavy atom. The molecule has 0 amide bonds. The highest BCUT2D eigenvalue weighted by molar-refractivity contribution is 6.16. The smallest absolute Gasteiger partial charge is 0.202 e. The number of hydrogen-bond acceptors (Lipinski definition) is 4. The number of carbonyl (C=O) groups excluding carboxylic acids is 2. The lowest BCUT2D eigenvalue weighted by atomic mass is 10.1. The van der Waals surface area contributed by atoms with Crippen molar-refractivity contribution < 1.29 is 9.59 Å². The Morgan fingerprint density at radius 1 is 1.18 bits per heavy atom. The van der Waals surface area contributed by atoms with Crippen LogP contribution in [-0.4, -0.2) is 30.6 Å². The van der Waals surface area contributed by atoms with Crippen LogP contribution in [0.1, 0.15) is 0 Å². The van der Waals surface area contributed by atoms with Crippen LogP contribution in [0.2, 0.25) is 0 Å². The first-order valence-electron chi connectivity index (χ1n) is 4.09. The Morgan fingerprint density at radius 2 is 1.59 bits per heavy atom. The van der Waals surface area contributed by atoms with Gasteiger partial charge >= 0.3 is 0 Å². The lowest BCUT2D eigenvalue weighted by Crippen LogP contribution is -2.21. The number of allylic oxidation sites excluding steroid dienone is 3. The van der Waals surface area contributed by atoms with Gasteiger partial charge in [-0.3, -0.25) is 14.5 Å². The van der Waals surface area contributed by atoms with Gasteiger partial charge in [-0.2, -0.15) is 0 Å². The molecule has 0 radical (unpaired) electrons. The highest BCUT2D eigenvalue weighted by Gasteiger charge is 2.13. The molecule has 9 nitrogen and oxygen atoms in total. The number of ketones is 2. The number of nitrogens with one attached hydrogen (secondary N) is 1. The summed E-state index contributed by atoms with van der Waals surface area (Å²) in [6.07, 6.45) is 3.90. The molecule has 0 aromatic carbocycles. The molecular formula is C8H10N7O2-. The van der Waals surface area contributed by atoms with Crippen molar-refractivity contribution >= 4 is 11.6 Å². The average molecular weight is 236 g/mol. The van der Waals surface area contributed by atoms with Crippen LogP contribution >= 0.6 is 0 Å². The summed E-state index contributed by atoms with van der Waals surface area (Å²) in [5.41, 5.74) is 26.2. The van der Waals surface area contributed by atoms with Crippen molar-refractivity contribution in [3.63, 3.8) is 0 Å². The largest absolute Gasteiger partial charge is 0.374 e. The van der Waals surface area contributed by atoms with Crippen LogP contribution in [0.5, 0.6) is 0 Å². The zero-order chi connectivity index (χ0) is 13.8. The molecule has 0 bridgehead atoms. The maximum absolute atomic E-state index is 11.0. The summed E-state index contributed by atoms with van der Waals surface area (Å²) in [7, 11) is 3.46. The highest BCUT2D eigenvalue weighted by atomic mass is 16.1. The highest BCUT2D eigenvalue weighted by Crippen LogP contribution is 2.06. The minimum Gasteiger partial charge on any atom is -0.374 e. The van der Waals surface area contributed by atoms with Crippen molar-refractivity contribution in [1.29, 1.82) is 5.53 Å². The molecule has 1 rings (SSSR count). The van der Waals surface area contributed by atoms with Crippen molar-refractivity contribution in [3.05, 3.63) is 50.3 Å². The second-order valence-electron chi connectivity index (χ2n) is 2.71. The minimum atomic E-state index is -0.131. The van der Waals surface area contributed by atoms with E-state index < -0.39 is 0 Å². The van der Waals surface area contributed by atoms with Crippen LogP contribution in [-0.2, 0) is 9.59 Å². The monoisotopic (exact) mass is 236 g/mol. The topological polar surface area (TPSA) is 156 Å². The van der Waals surface area contributed by atoms with Crippen LogP contribution in [0.25, 0.3) is 26.4 Å². The SMILES string of the molecule is CN(C)C1=CC(=O)C=CC1=O.[N-]=[N+]=N.[N-]=[N+]=[N-]. The summed E-state index contributed by atoms with van der Waals surface area (Å²) in [5.74, 6) is -0.247. The minimum absolute atomic E-state index is 0.116. The molecule has 0 fully saturated rings. The first-order valence-corrected chi connectivity index (χ1v) is 4.09. The fraction of sp³-hybridized carbons (Fsp3) is 0.250. The Balaban J connectivity index is 0. The van der Waals surface area contributed by atoms with Crippen LogP contribution in [0.15, 0.2) is 23.9 Å². The normalized spacial score (nSPS) is 11.8. The third-order valence-corrected chi connectivity index (χ3v) is 1.41. The Labute approximate surface area is 96.9 Å². The van der Waals surface area contributed by atoms with Crippen LogP contribution in [0, 0.1) is 5.53 Å². The van der Waals surface area contributed by atoms with Crippen LogP contribution in [0.3, 0.4) is 0 Å². The number of rotatable bonds is 1. The summed E-state index contributed by atoms with van der Waals surface area (Å²) in [5, 5.41) is 0. The third-order valence-electron chi connectivity index (χ3n) is 1.41. The number of carbonyl (C=O) groups is 2. The van der Waals surface area contributed by atoms with Gasteiger partial charge in [-0.25, -0.2) is 0 Å². The van der Waals surface area contributed by atoms with Crippen molar-refractivity contribution in [2.75, 3.05) is 14.1 Å². The zero-order valence-electron chi connectivity index (χ0n) is 9.23. The molecule has 1 aliphatic rings. The van der Waals surface area contributed by atoms with Gasteiger partial charge in [0.25, 0.3) is 0 Å². The van der Waals surface area contributed by atoms with Gasteiger partial charge in [0.1, 0.15) is 0 Å². The molecule has 0 unspecified atom stereocenters. The lowest BCUT2D eigenvalue weighted by Gasteiger charge is -2.15. The van der Waals surface area contributed by atoms with Crippen LogP contribution in [0.4, 0.5) is 0 Å². The molecule has 0 saturated heterocycles. The predicted octanol–water partition coefficient (Wildman–Crippen LogP) is 1.88. The second kappa shape index (κ2) is 9.78. The van der Waals surface area contributed by atoms with E-state index >= 15 is 0 Å². The Kier molecular flexibility index (Phi) is 9.59. The van der Waals surface area contributed by atoms with E-state index in [1.54, 1.807) is 23.9 Å². The van der Waals surface area contributed by atoms with Crippen LogP contribution < -0.4 is 0 Å². The van der Waals surface area contributed by atoms with E-state index in [1.165, 1.54) is 23.1 Å². The number of likely N-dealkylation sites (N-methyl/N-ethyl adjacent to an activating group) is 1. The molecule has 0 spiro atoms. The van der Waals surface area contributed by atoms with Gasteiger partial charge in [0.2, 0.25) is 5.78 Å². The summed E-state index contributed by atoms with van der Waals surface area (Å²) in [4.78, 5) is 26.7. The predicted molar refractivity (Wildman–Crippen MR) is 60.4 cm³/mol. The number of nitrogens with zero attached hydrogens (tertiary/aromatic N) is 6. The molecule has 0 aliphatic heterocycles. The molecule has 0 aromatic heterocycles. The van der Waals surface area contributed by atoms with Crippen molar-refractivity contribution in [3.8, 4) is 0 Å². The standard InChI is InChI=1S/C8H9NO2.HN3.N3/c1-9(2)7-5-6(10)3-4-8(7)11;2*1-3-2/h3-5H,1-2H3;1H;/q;;-1. The summed E-state index contributed by atoms with van der Waals surface area (Å²) in [6, 6.07) is 0. The van der Waals surface area contributed by atoms with Crippen molar-refractivity contribution in [2.24, 2.45) is 0 Å².